The van der Waals surface area contributed by atoms with Crippen LogP contribution in [-0.4, -0.2) is 26.6 Å². The van der Waals surface area contributed by atoms with E-state index in [-0.39, 0.29) is 13.2 Å². The molecule has 1 radical (unpaired) electrons. The van der Waals surface area contributed by atoms with Gasteiger partial charge in [-0.25, -0.2) is 4.57 Å². The van der Waals surface area contributed by atoms with E-state index < -0.39 is 21.2 Å². The summed E-state index contributed by atoms with van der Waals surface area (Å²) in [5.41, 5.74) is 0. The third-order valence-electron chi connectivity index (χ3n) is 2.05. The average molecular weight is 273 g/mol. The average Bonchev–Trinajstić information content (AvgIpc) is 2.28. The summed E-state index contributed by atoms with van der Waals surface area (Å²) in [5, 5.41) is 0. The number of halogens is 2. The van der Waals surface area contributed by atoms with Gasteiger partial charge in [0.2, 0.25) is 0 Å². The lowest BCUT2D eigenvalue weighted by Crippen LogP contribution is -1.98. The van der Waals surface area contributed by atoms with Gasteiger partial charge in [-0.05, 0) is 38.5 Å². The first-order chi connectivity index (χ1) is 8.12. The van der Waals surface area contributed by atoms with Gasteiger partial charge in [-0.2, -0.15) is 0 Å². The molecule has 0 bridgehead atoms. The van der Waals surface area contributed by atoms with Gasteiger partial charge in [-0.1, -0.05) is 0 Å². The van der Waals surface area contributed by atoms with Gasteiger partial charge < -0.3 is 0 Å². The molecular weight excluding hydrogens is 253 g/mol. The predicted octanol–water partition coefficient (Wildman–Crippen LogP) is 3.84. The second-order valence-electron chi connectivity index (χ2n) is 3.61. The van der Waals surface area contributed by atoms with Gasteiger partial charge in [0.15, 0.2) is 0 Å². The molecule has 0 amide bonds. The van der Waals surface area contributed by atoms with Crippen molar-refractivity contribution in [3.05, 3.63) is 0 Å². The van der Waals surface area contributed by atoms with Crippen LogP contribution in [0.2, 0.25) is 0 Å². The Balaban J connectivity index is 3.42. The van der Waals surface area contributed by atoms with Crippen LogP contribution in [0.1, 0.15) is 38.5 Å². The normalized spacial score (nSPS) is 11.9. The van der Waals surface area contributed by atoms with E-state index in [1.165, 1.54) is 0 Å². The summed E-state index contributed by atoms with van der Waals surface area (Å²) in [5.74, 6) is 0. The standard InChI is InChI=1S/C10H20F2O4P/c11-7-3-1-5-9-15-17(13,14)16-10-6-2-4-8-12/h1-10H2. The Bertz CT molecular complexity index is 198. The van der Waals surface area contributed by atoms with E-state index in [0.717, 1.165) is 0 Å². The van der Waals surface area contributed by atoms with Crippen molar-refractivity contribution >= 4 is 7.82 Å². The van der Waals surface area contributed by atoms with Gasteiger partial charge in [0.1, 0.15) is 0 Å². The van der Waals surface area contributed by atoms with Crippen molar-refractivity contribution in [3.8, 4) is 0 Å². The van der Waals surface area contributed by atoms with Crippen LogP contribution in [0, 0.1) is 0 Å². The monoisotopic (exact) mass is 273 g/mol. The quantitative estimate of drug-likeness (QED) is 0.401. The van der Waals surface area contributed by atoms with Crippen molar-refractivity contribution in [1.29, 1.82) is 0 Å². The third-order valence-corrected chi connectivity index (χ3v) is 3.05. The molecule has 103 valence electrons. The van der Waals surface area contributed by atoms with Crippen LogP contribution >= 0.6 is 7.82 Å². The minimum absolute atomic E-state index is 0.0191. The lowest BCUT2D eigenvalue weighted by Gasteiger charge is -2.09. The highest BCUT2D eigenvalue weighted by Crippen LogP contribution is 2.44. The lowest BCUT2D eigenvalue weighted by atomic mass is 10.3. The summed E-state index contributed by atoms with van der Waals surface area (Å²) >= 11 is 0. The first kappa shape index (κ1) is 17.0. The van der Waals surface area contributed by atoms with E-state index in [2.05, 4.69) is 9.05 Å². The van der Waals surface area contributed by atoms with Crippen molar-refractivity contribution in [2.24, 2.45) is 0 Å². The molecule has 0 aliphatic rings. The van der Waals surface area contributed by atoms with E-state index in [4.69, 9.17) is 0 Å². The molecule has 0 aliphatic carbocycles. The Morgan fingerprint density at radius 1 is 0.765 bits per heavy atom. The second-order valence-corrected chi connectivity index (χ2v) is 5.02. The molecule has 0 fully saturated rings. The summed E-state index contributed by atoms with van der Waals surface area (Å²) < 4.78 is 43.7. The van der Waals surface area contributed by atoms with E-state index >= 15 is 0 Å². The molecule has 0 aromatic heterocycles. The van der Waals surface area contributed by atoms with Crippen LogP contribution in [-0.2, 0) is 18.5 Å². The first-order valence-electron chi connectivity index (χ1n) is 5.84. The number of hydrogen-bond acceptors (Lipinski definition) is 3. The molecule has 0 saturated carbocycles. The molecule has 0 aromatic rings. The van der Waals surface area contributed by atoms with E-state index in [1.807, 2.05) is 0 Å². The summed E-state index contributed by atoms with van der Waals surface area (Å²) in [7, 11) is -4.23. The molecule has 0 saturated heterocycles. The Morgan fingerprint density at radius 3 is 1.53 bits per heavy atom. The van der Waals surface area contributed by atoms with Gasteiger partial charge in [0.05, 0.1) is 26.6 Å². The minimum atomic E-state index is -4.23. The Hall–Kier alpha value is -0.0300. The van der Waals surface area contributed by atoms with Gasteiger partial charge in [-0.3, -0.25) is 17.8 Å². The Morgan fingerprint density at radius 2 is 1.18 bits per heavy atom. The van der Waals surface area contributed by atoms with Gasteiger partial charge >= 0.3 is 7.82 Å². The minimum Gasteiger partial charge on any atom is -0.285 e. The van der Waals surface area contributed by atoms with Crippen LogP contribution in [0.25, 0.3) is 0 Å². The summed E-state index contributed by atoms with van der Waals surface area (Å²) in [6.07, 6.45) is 2.98. The van der Waals surface area contributed by atoms with Gasteiger partial charge in [-0.15, -0.1) is 4.89 Å². The number of rotatable bonds is 12. The fourth-order valence-corrected chi connectivity index (χ4v) is 1.92. The summed E-state index contributed by atoms with van der Waals surface area (Å²) in [6.45, 7) is -0.767. The first-order valence-corrected chi connectivity index (χ1v) is 7.30. The van der Waals surface area contributed by atoms with Crippen LogP contribution in [0.4, 0.5) is 8.78 Å². The lowest BCUT2D eigenvalue weighted by molar-refractivity contribution is 0.124. The Kier molecular flexibility index (Phi) is 11.1. The predicted molar refractivity (Wildman–Crippen MR) is 59.8 cm³/mol. The second kappa shape index (κ2) is 11.1. The fraction of sp³-hybridized carbons (Fsp3) is 1.00. The van der Waals surface area contributed by atoms with Crippen molar-refractivity contribution in [2.75, 3.05) is 26.6 Å². The third kappa shape index (κ3) is 12.2. The molecule has 17 heavy (non-hydrogen) atoms. The number of hydrogen-bond donors (Lipinski definition) is 0. The maximum absolute atomic E-state index is 11.7. The van der Waals surface area contributed by atoms with Crippen molar-refractivity contribution < 1.29 is 27.3 Å². The molecule has 0 heterocycles. The van der Waals surface area contributed by atoms with E-state index in [1.54, 1.807) is 0 Å². The van der Waals surface area contributed by atoms with Crippen LogP contribution in [0.3, 0.4) is 0 Å². The zero-order valence-corrected chi connectivity index (χ0v) is 10.8. The van der Waals surface area contributed by atoms with Gasteiger partial charge in [0, 0.05) is 0 Å². The zero-order chi connectivity index (χ0) is 13.0. The van der Waals surface area contributed by atoms with Crippen molar-refractivity contribution in [3.63, 3.8) is 0 Å². The molecule has 0 spiro atoms. The molecule has 7 heteroatoms. The number of alkyl halides is 2. The van der Waals surface area contributed by atoms with Crippen LogP contribution in [0.15, 0.2) is 0 Å². The largest absolute Gasteiger partial charge is 0.502 e. The molecule has 4 nitrogen and oxygen atoms in total. The topological polar surface area (TPSA) is 55.4 Å². The van der Waals surface area contributed by atoms with Crippen LogP contribution in [0.5, 0.6) is 0 Å². The summed E-state index contributed by atoms with van der Waals surface area (Å²) in [6, 6.07) is 0. The molecule has 0 unspecified atom stereocenters. The van der Waals surface area contributed by atoms with Crippen molar-refractivity contribution in [1.82, 2.24) is 0 Å². The molecule has 0 aliphatic heterocycles. The highest BCUT2D eigenvalue weighted by Gasteiger charge is 2.22. The highest BCUT2D eigenvalue weighted by atomic mass is 31.2. The fourth-order valence-electron chi connectivity index (χ4n) is 1.14. The number of unbranched alkanes of at least 4 members (excludes halogenated alkanes) is 4. The maximum Gasteiger partial charge on any atom is 0.502 e. The molecule has 0 aromatic carbocycles. The zero-order valence-electron chi connectivity index (χ0n) is 9.91. The maximum atomic E-state index is 11.7. The molecule has 0 N–H and O–H groups in total. The summed E-state index contributed by atoms with van der Waals surface area (Å²) in [4.78, 5) is 11.1. The van der Waals surface area contributed by atoms with Crippen molar-refractivity contribution in [2.45, 2.75) is 38.5 Å². The van der Waals surface area contributed by atoms with Gasteiger partial charge in [0.25, 0.3) is 0 Å². The molecule has 0 atom stereocenters. The highest BCUT2D eigenvalue weighted by molar-refractivity contribution is 7.47. The SMILES string of the molecule is [O]P(=O)(OCCCCCF)OCCCCCF. The van der Waals surface area contributed by atoms with Crippen LogP contribution < -0.4 is 0 Å². The van der Waals surface area contributed by atoms with E-state index in [9.17, 15) is 18.2 Å². The molecular formula is C10H20F2O4P. The molecule has 0 rings (SSSR count). The van der Waals surface area contributed by atoms with E-state index in [0.29, 0.717) is 38.5 Å². The smallest absolute Gasteiger partial charge is 0.285 e. The Labute approximate surface area is 101 Å².